The number of hydrogen-bond donors (Lipinski definition) is 14. The molecule has 0 radical (unpaired) electrons. The van der Waals surface area contributed by atoms with E-state index in [4.69, 9.17) is 32.3 Å². The number of nitrogens with zero attached hydrogens (tertiary/aromatic N) is 6. The van der Waals surface area contributed by atoms with Crippen molar-refractivity contribution in [3.05, 3.63) is 107 Å². The number of phenolic OH excluding ortho intramolecular Hbond substituents is 2. The number of esters is 1. The number of aliphatic hydroxyl groups excluding tert-OH is 1. The van der Waals surface area contributed by atoms with Crippen LogP contribution < -0.4 is 52.6 Å². The van der Waals surface area contributed by atoms with E-state index in [0.29, 0.717) is 66.6 Å². The standard InChI is InChI=1S/C78H96N14O23S/c1-41(73(109)91-33-8-6-11-57(91)75(111)92-36-31-58(115-81-40-43-15-18-45(19-16-43)88(3)4)66(92)72(108)85-53(26-29-63(99)100)68(104)84-52(67(79)103)25-28-62(97)98)82-71(107)65(42(2)93)87-70(106)56-13-10-35-90(56)74(110)54(27-30-64(101)102)86-69(105)55-12-9-34-89(55)61(96)14-5-7-32-80-77(116)83-44-17-22-48-51(37-44)78(114-76(48)112)49-23-20-46(94)38-59(49)113-60-39-47(95)21-24-50(60)78/h15-24,37-42,52-58,65-66,93-95H,5-14,25-36H2,1-4H3,(H2,79,103)(H,82,107)(H,84,104)(H,85,108)(H,86,105)(H,87,106)(H,97,98)(H,99,100)(H,101,102)(H2,80,83,116)/b81-40-/t41-,42?,52?,53?,54-,55-,56-,57?,58-,65?,66-/m0/s1. The van der Waals surface area contributed by atoms with Crippen LogP contribution in [0.3, 0.4) is 0 Å². The second kappa shape index (κ2) is 38.3. The molecule has 0 saturated carbocycles. The normalized spacial score (nSPS) is 19.9. The van der Waals surface area contributed by atoms with Crippen LogP contribution >= 0.6 is 12.2 Å². The lowest BCUT2D eigenvalue weighted by Gasteiger charge is -2.39. The zero-order chi connectivity index (χ0) is 84.0. The van der Waals surface area contributed by atoms with E-state index in [1.165, 1.54) is 54.1 Å². The first-order valence-electron chi connectivity index (χ1n) is 38.3. The smallest absolute Gasteiger partial charge is 0.340 e. The van der Waals surface area contributed by atoms with Crippen LogP contribution in [0.2, 0.25) is 0 Å². The number of nitrogens with two attached hydrogens (primary N) is 1. The van der Waals surface area contributed by atoms with Gasteiger partial charge >= 0.3 is 23.9 Å². The Balaban J connectivity index is 0.737. The number of benzene rings is 4. The number of rotatable bonds is 34. The third-order valence-electron chi connectivity index (χ3n) is 21.3. The molecule has 622 valence electrons. The summed E-state index contributed by atoms with van der Waals surface area (Å²) in [6.07, 6.45) is -2.20. The minimum Gasteiger partial charge on any atom is -0.508 e. The van der Waals surface area contributed by atoms with Crippen molar-refractivity contribution in [2.24, 2.45) is 10.9 Å². The van der Waals surface area contributed by atoms with Gasteiger partial charge in [-0.1, -0.05) is 17.3 Å². The van der Waals surface area contributed by atoms with E-state index in [0.717, 1.165) is 15.5 Å². The zero-order valence-corrected chi connectivity index (χ0v) is 65.1. The average molecular weight is 1630 g/mol. The lowest BCUT2D eigenvalue weighted by atomic mass is 9.77. The molecule has 15 N–H and O–H groups in total. The maximum atomic E-state index is 15.1. The average Bonchev–Trinajstić information content (AvgIpc) is 1.49. The highest BCUT2D eigenvalue weighted by molar-refractivity contribution is 7.80. The topological polar surface area (TPSA) is 527 Å². The molecule has 0 aliphatic carbocycles. The number of carbonyl (C=O) groups excluding carboxylic acids is 11. The van der Waals surface area contributed by atoms with Gasteiger partial charge in [0.25, 0.3) is 0 Å². The number of hydrogen-bond acceptors (Lipinski definition) is 23. The molecule has 0 aromatic heterocycles. The Labute approximate surface area is 671 Å². The van der Waals surface area contributed by atoms with Crippen LogP contribution in [0, 0.1) is 0 Å². The van der Waals surface area contributed by atoms with Crippen molar-refractivity contribution >= 4 is 118 Å². The predicted molar refractivity (Wildman–Crippen MR) is 415 cm³/mol. The summed E-state index contributed by atoms with van der Waals surface area (Å²) in [5, 5.41) is 83.5. The minimum atomic E-state index is -1.77. The summed E-state index contributed by atoms with van der Waals surface area (Å²) in [7, 11) is 3.70. The molecule has 6 aliphatic heterocycles. The van der Waals surface area contributed by atoms with Crippen LogP contribution in [-0.2, 0) is 77.5 Å². The third-order valence-corrected chi connectivity index (χ3v) is 21.5. The highest BCUT2D eigenvalue weighted by Gasteiger charge is 2.55. The Hall–Kier alpha value is -12.2. The van der Waals surface area contributed by atoms with Gasteiger partial charge in [0, 0.05) is 119 Å². The highest BCUT2D eigenvalue weighted by atomic mass is 32.1. The lowest BCUT2D eigenvalue weighted by Crippen LogP contribution is -2.62. The highest BCUT2D eigenvalue weighted by Crippen LogP contribution is 2.57. The quantitative estimate of drug-likeness (QED) is 0.0104. The molecule has 4 aromatic rings. The minimum absolute atomic E-state index is 0.0218. The summed E-state index contributed by atoms with van der Waals surface area (Å²) in [5.74, 6) is -13.0. The molecule has 10 rings (SSSR count). The number of nitrogens with one attached hydrogen (secondary N) is 7. The largest absolute Gasteiger partial charge is 0.508 e. The Morgan fingerprint density at radius 1 is 0.621 bits per heavy atom. The molecule has 6 heterocycles. The van der Waals surface area contributed by atoms with Crippen molar-refractivity contribution in [3.63, 3.8) is 0 Å². The molecule has 4 aromatic carbocycles. The summed E-state index contributed by atoms with van der Waals surface area (Å²) >= 11 is 5.64. The maximum absolute atomic E-state index is 15.1. The predicted octanol–water partition coefficient (Wildman–Crippen LogP) is 1.48. The van der Waals surface area contributed by atoms with Gasteiger partial charge in [0.05, 0.1) is 17.9 Å². The van der Waals surface area contributed by atoms with E-state index in [9.17, 15) is 93.0 Å². The number of unbranched alkanes of at least 4 members (excludes halogenated alkanes) is 1. The number of phenols is 2. The molecule has 10 amide bonds. The number of carboxylic acid groups (broad SMARTS) is 3. The monoisotopic (exact) mass is 1630 g/mol. The molecule has 38 heteroatoms. The Kier molecular flexibility index (Phi) is 28.4. The van der Waals surface area contributed by atoms with Crippen molar-refractivity contribution in [2.75, 3.05) is 57.0 Å². The number of likely N-dealkylation sites (tertiary alicyclic amines) is 4. The van der Waals surface area contributed by atoms with E-state index in [1.807, 2.05) is 31.1 Å². The van der Waals surface area contributed by atoms with Gasteiger partial charge in [0.1, 0.15) is 71.3 Å². The fraction of sp³-hybridized carbons (Fsp3) is 0.487. The number of fused-ring (bicyclic) bond motifs is 6. The van der Waals surface area contributed by atoms with E-state index in [1.54, 1.807) is 42.5 Å². The number of thiocarbonyl (C=S) groups is 1. The number of primary amides is 1. The van der Waals surface area contributed by atoms with E-state index in [-0.39, 0.29) is 104 Å². The Morgan fingerprint density at radius 3 is 1.82 bits per heavy atom. The van der Waals surface area contributed by atoms with Crippen molar-refractivity contribution in [3.8, 4) is 23.0 Å². The number of oxime groups is 1. The molecule has 1 spiro atoms. The number of ether oxygens (including phenoxy) is 2. The van der Waals surface area contributed by atoms with Crippen molar-refractivity contribution in [1.29, 1.82) is 0 Å². The number of aliphatic carboxylic acids is 3. The van der Waals surface area contributed by atoms with Crippen molar-refractivity contribution < 1.29 is 112 Å². The molecular weight excluding hydrogens is 1530 g/mol. The van der Waals surface area contributed by atoms with Crippen molar-refractivity contribution in [2.45, 2.75) is 195 Å². The second-order valence-corrected chi connectivity index (χ2v) is 30.0. The van der Waals surface area contributed by atoms with Crippen LogP contribution in [0.5, 0.6) is 23.0 Å². The van der Waals surface area contributed by atoms with E-state index in [2.05, 4.69) is 42.4 Å². The molecule has 37 nitrogen and oxygen atoms in total. The Bertz CT molecular complexity index is 4430. The molecule has 116 heavy (non-hydrogen) atoms. The zero-order valence-electron chi connectivity index (χ0n) is 64.3. The number of carbonyl (C=O) groups is 14. The Morgan fingerprint density at radius 2 is 1.20 bits per heavy atom. The summed E-state index contributed by atoms with van der Waals surface area (Å²) in [5.41, 5.74) is 7.50. The van der Waals surface area contributed by atoms with Crippen LogP contribution in [0.25, 0.3) is 0 Å². The molecular formula is C78H96N14O23S. The van der Waals surface area contributed by atoms with Crippen LogP contribution in [0.1, 0.15) is 156 Å². The number of piperidine rings is 1. The van der Waals surface area contributed by atoms with Gasteiger partial charge in [-0.2, -0.15) is 0 Å². The van der Waals surface area contributed by atoms with Gasteiger partial charge in [-0.15, -0.1) is 0 Å². The molecule has 11 atom stereocenters. The fourth-order valence-electron chi connectivity index (χ4n) is 15.3. The van der Waals surface area contributed by atoms with Gasteiger partial charge in [0.15, 0.2) is 22.9 Å². The molecule has 4 saturated heterocycles. The summed E-state index contributed by atoms with van der Waals surface area (Å²) in [4.78, 5) is 203. The SMILES string of the molecule is CC(O)C(NC(=O)[C@@H]1CCCN1C(=O)[C@H](CCC(=O)O)NC(=O)[C@@H]1CCCN1C(=O)CCCCNC(=S)Nc1ccc2c(c1)C1(OC2=O)c2ccc(O)cc2Oc2cc(O)ccc21)C(=O)N[C@@H](C)C(=O)N1CCCCC1C(=O)N1CC[C@H](O/N=C\c2ccc(N(C)C)cc2)[C@H]1C(=O)NC(CCC(=O)O)C(=O)NC(CCC(=O)O)C(N)=O. The van der Waals surface area contributed by atoms with E-state index >= 15 is 4.79 Å². The van der Waals surface area contributed by atoms with Crippen LogP contribution in [0.4, 0.5) is 11.4 Å². The van der Waals surface area contributed by atoms with E-state index < -0.39 is 188 Å². The van der Waals surface area contributed by atoms with Gasteiger partial charge < -0.3 is 112 Å². The van der Waals surface area contributed by atoms with Crippen molar-refractivity contribution in [1.82, 2.24) is 51.5 Å². The first-order chi connectivity index (χ1) is 55.2. The fourth-order valence-corrected chi connectivity index (χ4v) is 15.5. The summed E-state index contributed by atoms with van der Waals surface area (Å²) in [6.45, 7) is 2.78. The maximum Gasteiger partial charge on any atom is 0.340 e. The van der Waals surface area contributed by atoms with Crippen LogP contribution in [0.15, 0.2) is 84.0 Å². The van der Waals surface area contributed by atoms with Gasteiger partial charge in [0.2, 0.25) is 59.1 Å². The first-order valence-corrected chi connectivity index (χ1v) is 38.8. The molecule has 0 bridgehead atoms. The van der Waals surface area contributed by atoms with Gasteiger partial charge in [-0.25, -0.2) is 4.79 Å². The van der Waals surface area contributed by atoms with Gasteiger partial charge in [-0.05, 0) is 163 Å². The molecule has 4 fully saturated rings. The number of aromatic hydroxyl groups is 2. The number of aliphatic hydroxyl groups is 1. The lowest BCUT2D eigenvalue weighted by molar-refractivity contribution is -0.153. The summed E-state index contributed by atoms with van der Waals surface area (Å²) < 4.78 is 12.2. The summed E-state index contributed by atoms with van der Waals surface area (Å²) in [6, 6.07) is 7.72. The molecule has 6 aliphatic rings. The van der Waals surface area contributed by atoms with Gasteiger partial charge in [-0.3, -0.25) is 62.3 Å². The molecule has 5 unspecified atom stereocenters. The van der Waals surface area contributed by atoms with Crippen LogP contribution in [-0.4, -0.2) is 258 Å². The second-order valence-electron chi connectivity index (χ2n) is 29.6. The third kappa shape index (κ3) is 20.5. The number of carboxylic acids is 3. The number of amides is 10. The first kappa shape index (κ1) is 86.2. The number of anilines is 2.